The Kier molecular flexibility index (Phi) is 8.30. The molecule has 0 saturated heterocycles. The van der Waals surface area contributed by atoms with E-state index < -0.39 is 22.7 Å². The third-order valence-corrected chi connectivity index (χ3v) is 3.97. The van der Waals surface area contributed by atoms with E-state index in [1.54, 1.807) is 6.07 Å². The molecule has 10 heteroatoms. The van der Waals surface area contributed by atoms with E-state index in [0.717, 1.165) is 0 Å². The molecule has 0 spiro atoms. The number of furan rings is 1. The molecular formula is C20H20N3O7-. The molecule has 10 nitrogen and oxygen atoms in total. The first-order chi connectivity index (χ1) is 14.4. The number of benzene rings is 1. The summed E-state index contributed by atoms with van der Waals surface area (Å²) in [6.45, 7) is 0.259. The molecule has 2 N–H and O–H groups in total. The van der Waals surface area contributed by atoms with E-state index >= 15 is 0 Å². The van der Waals surface area contributed by atoms with Gasteiger partial charge in [0.15, 0.2) is 5.76 Å². The van der Waals surface area contributed by atoms with Gasteiger partial charge in [-0.1, -0.05) is 18.6 Å². The van der Waals surface area contributed by atoms with Crippen LogP contribution in [0.5, 0.6) is 0 Å². The summed E-state index contributed by atoms with van der Waals surface area (Å²) in [6, 6.07) is 8.54. The fourth-order valence-corrected chi connectivity index (χ4v) is 2.51. The minimum atomic E-state index is -1.12. The minimum absolute atomic E-state index is 0.00461. The van der Waals surface area contributed by atoms with Gasteiger partial charge in [0.1, 0.15) is 5.70 Å². The van der Waals surface area contributed by atoms with Gasteiger partial charge in [-0.05, 0) is 43.0 Å². The van der Waals surface area contributed by atoms with Gasteiger partial charge in [-0.25, -0.2) is 0 Å². The van der Waals surface area contributed by atoms with E-state index in [1.165, 1.54) is 42.7 Å². The van der Waals surface area contributed by atoms with Crippen LogP contribution in [-0.2, 0) is 9.59 Å². The molecular weight excluding hydrogens is 394 g/mol. The lowest BCUT2D eigenvalue weighted by molar-refractivity contribution is -0.384. The highest BCUT2D eigenvalue weighted by Crippen LogP contribution is 2.15. The molecule has 1 aromatic heterocycles. The monoisotopic (exact) mass is 414 g/mol. The fourth-order valence-electron chi connectivity index (χ4n) is 2.51. The van der Waals surface area contributed by atoms with Gasteiger partial charge in [0.2, 0.25) is 0 Å². The van der Waals surface area contributed by atoms with Gasteiger partial charge in [0.05, 0.1) is 11.2 Å². The Labute approximate surface area is 171 Å². The van der Waals surface area contributed by atoms with Crippen molar-refractivity contribution in [2.45, 2.75) is 25.7 Å². The minimum Gasteiger partial charge on any atom is -0.550 e. The molecule has 158 valence electrons. The molecule has 0 aliphatic carbocycles. The Hall–Kier alpha value is -3.95. The first-order valence-corrected chi connectivity index (χ1v) is 9.16. The SMILES string of the molecule is O=C([O-])CCCCCNC(=O)/C(=C\c1cccc([N+](=O)[O-])c1)NC(=O)c1ccco1. The van der Waals surface area contributed by atoms with Crippen LogP contribution in [-0.4, -0.2) is 29.3 Å². The number of carbonyl (C=O) groups excluding carboxylic acids is 3. The van der Waals surface area contributed by atoms with Crippen molar-refractivity contribution in [2.24, 2.45) is 0 Å². The van der Waals surface area contributed by atoms with Crippen LogP contribution in [0.3, 0.4) is 0 Å². The summed E-state index contributed by atoms with van der Waals surface area (Å²) >= 11 is 0. The van der Waals surface area contributed by atoms with E-state index in [1.807, 2.05) is 0 Å². The van der Waals surface area contributed by atoms with E-state index in [-0.39, 0.29) is 30.1 Å². The van der Waals surface area contributed by atoms with E-state index in [2.05, 4.69) is 10.6 Å². The van der Waals surface area contributed by atoms with Crippen LogP contribution in [0.1, 0.15) is 41.8 Å². The van der Waals surface area contributed by atoms with Gasteiger partial charge in [-0.2, -0.15) is 0 Å². The summed E-state index contributed by atoms with van der Waals surface area (Å²) in [5.41, 5.74) is 0.0727. The van der Waals surface area contributed by atoms with Crippen molar-refractivity contribution in [2.75, 3.05) is 6.54 Å². The summed E-state index contributed by atoms with van der Waals surface area (Å²) < 4.78 is 5.01. The smallest absolute Gasteiger partial charge is 0.291 e. The maximum atomic E-state index is 12.5. The van der Waals surface area contributed by atoms with Gasteiger partial charge in [-0.3, -0.25) is 19.7 Å². The Morgan fingerprint density at radius 1 is 1.10 bits per heavy atom. The molecule has 1 heterocycles. The highest BCUT2D eigenvalue weighted by Gasteiger charge is 2.16. The molecule has 0 bridgehead atoms. The number of hydrogen-bond donors (Lipinski definition) is 2. The van der Waals surface area contributed by atoms with E-state index in [0.29, 0.717) is 24.8 Å². The van der Waals surface area contributed by atoms with Gasteiger partial charge >= 0.3 is 0 Å². The standard InChI is InChI=1S/C20H21N3O7/c24-18(25)9-2-1-3-10-21-19(26)16(22-20(27)17-8-5-11-30-17)13-14-6-4-7-15(12-14)23(28)29/h4-8,11-13H,1-3,9-10H2,(H,21,26)(H,22,27)(H,24,25)/p-1/b16-13+. The molecule has 0 aliphatic heterocycles. The Bertz CT molecular complexity index is 936. The molecule has 0 radical (unpaired) electrons. The molecule has 2 rings (SSSR count). The number of nitro groups is 1. The summed E-state index contributed by atoms with van der Waals surface area (Å²) in [7, 11) is 0. The van der Waals surface area contributed by atoms with Crippen molar-refractivity contribution in [3.05, 3.63) is 69.8 Å². The lowest BCUT2D eigenvalue weighted by Gasteiger charge is -2.10. The Balaban J connectivity index is 2.09. The van der Waals surface area contributed by atoms with Crippen LogP contribution in [0, 0.1) is 10.1 Å². The molecule has 2 amide bonds. The fraction of sp³-hybridized carbons (Fsp3) is 0.250. The van der Waals surface area contributed by atoms with Crippen LogP contribution >= 0.6 is 0 Å². The summed E-state index contributed by atoms with van der Waals surface area (Å²) in [4.78, 5) is 45.6. The molecule has 0 saturated carbocycles. The number of amides is 2. The lowest BCUT2D eigenvalue weighted by atomic mass is 10.1. The first-order valence-electron chi connectivity index (χ1n) is 9.16. The predicted octanol–water partition coefficient (Wildman–Crippen LogP) is 1.39. The van der Waals surface area contributed by atoms with E-state index in [9.17, 15) is 29.6 Å². The topological polar surface area (TPSA) is 155 Å². The highest BCUT2D eigenvalue weighted by atomic mass is 16.6. The molecule has 30 heavy (non-hydrogen) atoms. The summed E-state index contributed by atoms with van der Waals surface area (Å²) in [6.07, 6.45) is 4.13. The Morgan fingerprint density at radius 3 is 2.57 bits per heavy atom. The van der Waals surface area contributed by atoms with Crippen molar-refractivity contribution < 1.29 is 28.8 Å². The van der Waals surface area contributed by atoms with Crippen LogP contribution in [0.25, 0.3) is 6.08 Å². The maximum Gasteiger partial charge on any atom is 0.291 e. The molecule has 1 aromatic carbocycles. The number of carboxylic acid groups (broad SMARTS) is 1. The number of hydrogen-bond acceptors (Lipinski definition) is 7. The number of nitrogens with one attached hydrogen (secondary N) is 2. The first kappa shape index (κ1) is 22.3. The zero-order valence-electron chi connectivity index (χ0n) is 16.0. The van der Waals surface area contributed by atoms with Crippen LogP contribution in [0.15, 0.2) is 52.8 Å². The number of non-ortho nitro benzene ring substituents is 1. The molecule has 0 aliphatic rings. The van der Waals surface area contributed by atoms with Gasteiger partial charge in [0.25, 0.3) is 17.5 Å². The highest BCUT2D eigenvalue weighted by molar-refractivity contribution is 6.04. The van der Waals surface area contributed by atoms with Crippen LogP contribution < -0.4 is 15.7 Å². The van der Waals surface area contributed by atoms with Crippen LogP contribution in [0.2, 0.25) is 0 Å². The third kappa shape index (κ3) is 7.23. The summed E-state index contributed by atoms with van der Waals surface area (Å²) in [5, 5.41) is 26.4. The number of aliphatic carboxylic acids is 1. The van der Waals surface area contributed by atoms with Crippen molar-refractivity contribution in [3.8, 4) is 0 Å². The third-order valence-electron chi connectivity index (χ3n) is 3.97. The average Bonchev–Trinajstić information content (AvgIpc) is 3.25. The van der Waals surface area contributed by atoms with Crippen molar-refractivity contribution in [1.82, 2.24) is 10.6 Å². The number of carboxylic acids is 1. The number of nitrogens with zero attached hydrogens (tertiary/aromatic N) is 1. The molecule has 0 unspecified atom stereocenters. The second-order valence-corrected chi connectivity index (χ2v) is 6.28. The van der Waals surface area contributed by atoms with Crippen molar-refractivity contribution in [3.63, 3.8) is 0 Å². The Morgan fingerprint density at radius 2 is 1.90 bits per heavy atom. The summed E-state index contributed by atoms with van der Waals surface area (Å²) in [5.74, 6) is -2.38. The maximum absolute atomic E-state index is 12.5. The number of rotatable bonds is 11. The zero-order chi connectivity index (χ0) is 21.9. The van der Waals surface area contributed by atoms with Crippen molar-refractivity contribution in [1.29, 1.82) is 0 Å². The van der Waals surface area contributed by atoms with Crippen molar-refractivity contribution >= 4 is 29.5 Å². The van der Waals surface area contributed by atoms with E-state index in [4.69, 9.17) is 4.42 Å². The van der Waals surface area contributed by atoms with Crippen LogP contribution in [0.4, 0.5) is 5.69 Å². The normalized spacial score (nSPS) is 11.0. The quantitative estimate of drug-likeness (QED) is 0.244. The second kappa shape index (κ2) is 11.1. The van der Waals surface area contributed by atoms with Gasteiger partial charge in [-0.15, -0.1) is 0 Å². The predicted molar refractivity (Wildman–Crippen MR) is 104 cm³/mol. The number of nitro benzene ring substituents is 1. The zero-order valence-corrected chi connectivity index (χ0v) is 16.0. The number of carbonyl (C=O) groups is 3. The molecule has 0 fully saturated rings. The van der Waals surface area contributed by atoms with Gasteiger partial charge < -0.3 is 25.0 Å². The second-order valence-electron chi connectivity index (χ2n) is 6.28. The molecule has 2 aromatic rings. The average molecular weight is 414 g/mol. The molecule has 0 atom stereocenters. The largest absolute Gasteiger partial charge is 0.550 e. The van der Waals surface area contributed by atoms with Gasteiger partial charge in [0, 0.05) is 24.6 Å². The number of unbranched alkanes of at least 4 members (excludes halogenated alkanes) is 2. The lowest BCUT2D eigenvalue weighted by Crippen LogP contribution is -2.35.